The molecular weight excluding hydrogens is 222 g/mol. The smallest absolute Gasteiger partial charge is 0.0996 e. The highest BCUT2D eigenvalue weighted by Gasteiger charge is 2.41. The zero-order valence-corrected chi connectivity index (χ0v) is 12.1. The number of piperidine rings is 1. The number of hydrogen-bond donors (Lipinski definition) is 0. The molecule has 0 unspecified atom stereocenters. The molecule has 2 aliphatic heterocycles. The average molecular weight is 251 g/mol. The summed E-state index contributed by atoms with van der Waals surface area (Å²) in [6.07, 6.45) is 10.3. The van der Waals surface area contributed by atoms with Crippen molar-refractivity contribution in [3.05, 3.63) is 0 Å². The number of nitrogens with zero attached hydrogens (tertiary/aromatic N) is 1. The lowest BCUT2D eigenvalue weighted by molar-refractivity contribution is -0.0526. The first-order chi connectivity index (χ1) is 8.79. The van der Waals surface area contributed by atoms with Gasteiger partial charge in [0.1, 0.15) is 0 Å². The number of fused-ring (bicyclic) bond motifs is 2. The third-order valence-electron chi connectivity index (χ3n) is 5.90. The Hall–Kier alpha value is -0.0800. The Morgan fingerprint density at radius 2 is 1.94 bits per heavy atom. The van der Waals surface area contributed by atoms with Gasteiger partial charge in [0.2, 0.25) is 0 Å². The second-order valence-electron chi connectivity index (χ2n) is 6.83. The Labute approximate surface area is 112 Å². The highest BCUT2D eigenvalue weighted by Crippen LogP contribution is 2.41. The Morgan fingerprint density at radius 3 is 2.78 bits per heavy atom. The summed E-state index contributed by atoms with van der Waals surface area (Å²) < 4.78 is 6.27. The van der Waals surface area contributed by atoms with Crippen molar-refractivity contribution in [2.45, 2.75) is 70.9 Å². The molecule has 104 valence electrons. The first kappa shape index (κ1) is 12.9. The minimum atomic E-state index is 0.569. The molecule has 0 spiro atoms. The zero-order chi connectivity index (χ0) is 12.5. The molecular formula is C16H29NO. The van der Waals surface area contributed by atoms with Gasteiger partial charge in [-0.3, -0.25) is 4.90 Å². The number of ether oxygens (including phenoxy) is 1. The monoisotopic (exact) mass is 251 g/mol. The summed E-state index contributed by atoms with van der Waals surface area (Å²) in [4.78, 5) is 2.67. The normalized spacial score (nSPS) is 46.0. The maximum absolute atomic E-state index is 6.27. The van der Waals surface area contributed by atoms with Gasteiger partial charge in [-0.1, -0.05) is 33.1 Å². The van der Waals surface area contributed by atoms with Crippen molar-refractivity contribution in [3.63, 3.8) is 0 Å². The molecule has 0 aromatic heterocycles. The number of hydrogen-bond acceptors (Lipinski definition) is 2. The molecule has 2 saturated heterocycles. The van der Waals surface area contributed by atoms with Crippen molar-refractivity contribution in [2.24, 2.45) is 17.8 Å². The van der Waals surface area contributed by atoms with Crippen molar-refractivity contribution < 1.29 is 4.74 Å². The third-order valence-corrected chi connectivity index (χ3v) is 5.90. The fourth-order valence-electron chi connectivity index (χ4n) is 4.64. The molecule has 3 fully saturated rings. The van der Waals surface area contributed by atoms with Crippen LogP contribution in [-0.2, 0) is 4.74 Å². The highest BCUT2D eigenvalue weighted by atomic mass is 16.5. The number of rotatable bonds is 1. The van der Waals surface area contributed by atoms with Crippen LogP contribution in [0.4, 0.5) is 0 Å². The van der Waals surface area contributed by atoms with Crippen LogP contribution in [0.5, 0.6) is 0 Å². The molecule has 2 heteroatoms. The maximum atomic E-state index is 6.27. The van der Waals surface area contributed by atoms with Gasteiger partial charge in [0.05, 0.1) is 12.8 Å². The summed E-state index contributed by atoms with van der Waals surface area (Å²) in [6.45, 7) is 7.03. The topological polar surface area (TPSA) is 12.5 Å². The van der Waals surface area contributed by atoms with Crippen LogP contribution in [0, 0.1) is 17.8 Å². The molecule has 0 N–H and O–H groups in total. The molecule has 3 rings (SSSR count). The fourth-order valence-corrected chi connectivity index (χ4v) is 4.64. The molecule has 3 aliphatic rings. The van der Waals surface area contributed by atoms with Gasteiger partial charge in [-0.15, -0.1) is 0 Å². The van der Waals surface area contributed by atoms with Crippen molar-refractivity contribution in [2.75, 3.05) is 13.3 Å². The molecule has 2 heterocycles. The quantitative estimate of drug-likeness (QED) is 0.705. The van der Waals surface area contributed by atoms with Crippen LogP contribution in [0.3, 0.4) is 0 Å². The third kappa shape index (κ3) is 2.34. The summed E-state index contributed by atoms with van der Waals surface area (Å²) in [5.74, 6) is 2.60. The second kappa shape index (κ2) is 5.50. The molecule has 0 amide bonds. The van der Waals surface area contributed by atoms with Crippen molar-refractivity contribution in [1.82, 2.24) is 4.90 Å². The molecule has 0 bridgehead atoms. The Bertz CT molecular complexity index is 280. The first-order valence-corrected chi connectivity index (χ1v) is 8.15. The summed E-state index contributed by atoms with van der Waals surface area (Å²) in [5.41, 5.74) is 0. The van der Waals surface area contributed by atoms with Gasteiger partial charge in [-0.05, 0) is 43.4 Å². The standard InChI is InChI=1S/C16H29NO/c1-3-13-8-9-15-12(2)14-6-4-5-7-16(14)18-11-17(15)10-13/h12-16H,3-11H2,1-2H3/t12-,13+,14+,15-,16-/m1/s1. The van der Waals surface area contributed by atoms with Crippen LogP contribution in [0.2, 0.25) is 0 Å². The molecule has 2 nitrogen and oxygen atoms in total. The van der Waals surface area contributed by atoms with Gasteiger partial charge in [0.25, 0.3) is 0 Å². The van der Waals surface area contributed by atoms with E-state index in [1.807, 2.05) is 0 Å². The van der Waals surface area contributed by atoms with E-state index in [-0.39, 0.29) is 0 Å². The van der Waals surface area contributed by atoms with Gasteiger partial charge < -0.3 is 4.74 Å². The predicted octanol–water partition coefficient (Wildman–Crippen LogP) is 3.66. The van der Waals surface area contributed by atoms with Crippen LogP contribution in [0.1, 0.15) is 58.8 Å². The van der Waals surface area contributed by atoms with Gasteiger partial charge >= 0.3 is 0 Å². The Kier molecular flexibility index (Phi) is 3.95. The van der Waals surface area contributed by atoms with Crippen LogP contribution in [-0.4, -0.2) is 30.3 Å². The van der Waals surface area contributed by atoms with Crippen LogP contribution >= 0.6 is 0 Å². The van der Waals surface area contributed by atoms with E-state index in [1.165, 1.54) is 51.5 Å². The molecule has 5 atom stereocenters. The van der Waals surface area contributed by atoms with E-state index < -0.39 is 0 Å². The highest BCUT2D eigenvalue weighted by molar-refractivity contribution is 4.92. The van der Waals surface area contributed by atoms with E-state index in [1.54, 1.807) is 0 Å². The molecule has 0 aromatic rings. The van der Waals surface area contributed by atoms with Crippen molar-refractivity contribution in [3.8, 4) is 0 Å². The maximum Gasteiger partial charge on any atom is 0.0996 e. The van der Waals surface area contributed by atoms with E-state index in [0.29, 0.717) is 6.10 Å². The van der Waals surface area contributed by atoms with Crippen molar-refractivity contribution >= 4 is 0 Å². The molecule has 0 radical (unpaired) electrons. The van der Waals surface area contributed by atoms with E-state index in [9.17, 15) is 0 Å². The lowest BCUT2D eigenvalue weighted by atomic mass is 9.73. The Morgan fingerprint density at radius 1 is 1.11 bits per heavy atom. The predicted molar refractivity (Wildman–Crippen MR) is 74.4 cm³/mol. The van der Waals surface area contributed by atoms with E-state index >= 15 is 0 Å². The SMILES string of the molecule is CC[C@H]1CC[C@@H]2[C@H](C)[C@@H]3CCCC[C@H]3OCN2C1. The zero-order valence-electron chi connectivity index (χ0n) is 12.1. The summed E-state index contributed by atoms with van der Waals surface area (Å²) in [5, 5.41) is 0. The second-order valence-corrected chi connectivity index (χ2v) is 6.83. The average Bonchev–Trinajstić information content (AvgIpc) is 2.57. The molecule has 1 saturated carbocycles. The van der Waals surface area contributed by atoms with Crippen molar-refractivity contribution in [1.29, 1.82) is 0 Å². The Balaban J connectivity index is 1.73. The van der Waals surface area contributed by atoms with Crippen LogP contribution < -0.4 is 0 Å². The lowest BCUT2D eigenvalue weighted by Crippen LogP contribution is -2.47. The van der Waals surface area contributed by atoms with E-state index in [2.05, 4.69) is 18.7 Å². The minimum absolute atomic E-state index is 0.569. The lowest BCUT2D eigenvalue weighted by Gasteiger charge is -2.42. The summed E-state index contributed by atoms with van der Waals surface area (Å²) in [6, 6.07) is 0.806. The summed E-state index contributed by atoms with van der Waals surface area (Å²) >= 11 is 0. The van der Waals surface area contributed by atoms with Crippen LogP contribution in [0.25, 0.3) is 0 Å². The van der Waals surface area contributed by atoms with E-state index in [4.69, 9.17) is 4.74 Å². The molecule has 0 aromatic carbocycles. The van der Waals surface area contributed by atoms with Gasteiger partial charge in [-0.25, -0.2) is 0 Å². The molecule has 1 aliphatic carbocycles. The minimum Gasteiger partial charge on any atom is -0.363 e. The fraction of sp³-hybridized carbons (Fsp3) is 1.00. The van der Waals surface area contributed by atoms with Gasteiger partial charge in [-0.2, -0.15) is 0 Å². The largest absolute Gasteiger partial charge is 0.363 e. The molecule has 18 heavy (non-hydrogen) atoms. The first-order valence-electron chi connectivity index (χ1n) is 8.15. The summed E-state index contributed by atoms with van der Waals surface area (Å²) in [7, 11) is 0. The van der Waals surface area contributed by atoms with Gasteiger partial charge in [0, 0.05) is 12.6 Å². The van der Waals surface area contributed by atoms with Crippen LogP contribution in [0.15, 0.2) is 0 Å². The van der Waals surface area contributed by atoms with Gasteiger partial charge in [0.15, 0.2) is 0 Å². The van der Waals surface area contributed by atoms with E-state index in [0.717, 1.165) is 30.5 Å².